The summed E-state index contributed by atoms with van der Waals surface area (Å²) < 4.78 is 43.6. The largest absolute Gasteiger partial charge is 0.416 e. The number of benzene rings is 2. The van der Waals surface area contributed by atoms with Crippen molar-refractivity contribution in [3.8, 4) is 0 Å². The second-order valence-electron chi connectivity index (χ2n) is 8.54. The summed E-state index contributed by atoms with van der Waals surface area (Å²) in [6.45, 7) is 2.04. The number of aliphatic hydroxyl groups excluding tert-OH is 1. The Hall–Kier alpha value is -1.19. The average Bonchev–Trinajstić information content (AvgIpc) is 2.74. The van der Waals surface area contributed by atoms with Gasteiger partial charge >= 0.3 is 6.18 Å². The average molecular weight is 530 g/mol. The van der Waals surface area contributed by atoms with Crippen molar-refractivity contribution in [2.75, 3.05) is 13.1 Å². The van der Waals surface area contributed by atoms with Crippen molar-refractivity contribution in [3.05, 3.63) is 47.5 Å². The van der Waals surface area contributed by atoms with E-state index in [1.54, 1.807) is 12.1 Å². The van der Waals surface area contributed by atoms with Gasteiger partial charge in [0.2, 0.25) is 0 Å². The topological polar surface area (TPSA) is 35.8 Å². The molecule has 0 bridgehead atoms. The summed E-state index contributed by atoms with van der Waals surface area (Å²) in [4.78, 5) is 2.55. The molecule has 2 fully saturated rings. The molecule has 1 saturated heterocycles. The highest BCUT2D eigenvalue weighted by Crippen LogP contribution is 2.33. The highest BCUT2D eigenvalue weighted by molar-refractivity contribution is 14.1. The third-order valence-corrected chi connectivity index (χ3v) is 7.10. The molecule has 2 aromatic carbocycles. The molecule has 1 N–H and O–H groups in total. The predicted octanol–water partition coefficient (Wildman–Crippen LogP) is 6.01. The van der Waals surface area contributed by atoms with Crippen molar-refractivity contribution in [1.82, 2.24) is 4.90 Å². The molecular formula is C23H26F3IN2O. The smallest absolute Gasteiger partial charge is 0.393 e. The summed E-state index contributed by atoms with van der Waals surface area (Å²) >= 11 is 2.05. The van der Waals surface area contributed by atoms with Gasteiger partial charge in [-0.15, -0.1) is 0 Å². The van der Waals surface area contributed by atoms with Crippen molar-refractivity contribution in [2.24, 2.45) is 9.12 Å². The Bertz CT molecular complexity index is 922. The van der Waals surface area contributed by atoms with E-state index in [9.17, 15) is 18.3 Å². The van der Waals surface area contributed by atoms with Crippen LogP contribution in [0.3, 0.4) is 0 Å². The second kappa shape index (κ2) is 9.12. The molecule has 0 aromatic heterocycles. The van der Waals surface area contributed by atoms with Gasteiger partial charge in [-0.2, -0.15) is 13.2 Å². The van der Waals surface area contributed by atoms with Crippen LogP contribution in [0.15, 0.2) is 39.6 Å². The van der Waals surface area contributed by atoms with Crippen LogP contribution in [0.1, 0.15) is 49.7 Å². The lowest BCUT2D eigenvalue weighted by atomic mass is 9.85. The maximum absolute atomic E-state index is 13.0. The molecule has 0 amide bonds. The van der Waals surface area contributed by atoms with E-state index in [2.05, 4.69) is 8.11 Å². The van der Waals surface area contributed by atoms with E-state index in [0.29, 0.717) is 17.3 Å². The van der Waals surface area contributed by atoms with E-state index in [0.717, 1.165) is 74.3 Å². The van der Waals surface area contributed by atoms with Crippen LogP contribution < -0.4 is 0 Å². The Balaban J connectivity index is 1.53. The van der Waals surface area contributed by atoms with E-state index in [4.69, 9.17) is 0 Å². The first kappa shape index (κ1) is 22.0. The number of hydrogen-bond donors (Lipinski definition) is 1. The second-order valence-corrected chi connectivity index (χ2v) is 9.02. The van der Waals surface area contributed by atoms with Crippen LogP contribution in [-0.2, 0) is 6.18 Å². The highest BCUT2D eigenvalue weighted by Gasteiger charge is 2.32. The van der Waals surface area contributed by atoms with Gasteiger partial charge in [0.05, 0.1) is 40.2 Å². The lowest BCUT2D eigenvalue weighted by Crippen LogP contribution is -2.46. The van der Waals surface area contributed by atoms with Gasteiger partial charge in [-0.3, -0.25) is 4.90 Å². The zero-order chi connectivity index (χ0) is 21.3. The normalized spacial score (nSPS) is 26.8. The molecule has 1 saturated carbocycles. The Morgan fingerprint density at radius 1 is 1.00 bits per heavy atom. The Morgan fingerprint density at radius 2 is 1.70 bits per heavy atom. The molecule has 2 aromatic rings. The maximum atomic E-state index is 13.0. The number of rotatable bonds is 3. The lowest BCUT2D eigenvalue weighted by molar-refractivity contribution is -0.137. The third kappa shape index (κ3) is 4.83. The standard InChI is InChI=1S/C23H26F3IN2O/c24-23(25,26)19-6-5-15-12-17(4-3-16(15)13-19)22(28-27)18-2-1-11-29(14-18)20-7-9-21(30)10-8-20/h3-6,12-13,18,20-21,30H,1-2,7-11,14H2/b28-22-. The minimum Gasteiger partial charge on any atom is -0.393 e. The quantitative estimate of drug-likeness (QED) is 0.390. The summed E-state index contributed by atoms with van der Waals surface area (Å²) in [6, 6.07) is 10.1. The van der Waals surface area contributed by atoms with Gasteiger partial charge in [-0.1, -0.05) is 18.2 Å². The number of likely N-dealkylation sites (tertiary alicyclic amines) is 1. The van der Waals surface area contributed by atoms with Crippen LogP contribution in [-0.4, -0.2) is 41.0 Å². The number of nitrogens with zero attached hydrogens (tertiary/aromatic N) is 2. The number of fused-ring (bicyclic) bond motifs is 1. The van der Waals surface area contributed by atoms with Gasteiger partial charge in [-0.25, -0.2) is 3.21 Å². The van der Waals surface area contributed by atoms with E-state index in [-0.39, 0.29) is 6.10 Å². The molecule has 4 rings (SSSR count). The zero-order valence-electron chi connectivity index (χ0n) is 16.7. The van der Waals surface area contributed by atoms with Gasteiger partial charge in [0.25, 0.3) is 0 Å². The Morgan fingerprint density at radius 3 is 2.40 bits per heavy atom. The van der Waals surface area contributed by atoms with Crippen LogP contribution in [0.25, 0.3) is 10.8 Å². The minimum atomic E-state index is -4.33. The predicted molar refractivity (Wildman–Crippen MR) is 122 cm³/mol. The first-order valence-corrected chi connectivity index (χ1v) is 11.5. The van der Waals surface area contributed by atoms with Crippen LogP contribution in [0.5, 0.6) is 0 Å². The lowest BCUT2D eigenvalue weighted by Gasteiger charge is -2.41. The van der Waals surface area contributed by atoms with Crippen LogP contribution in [0.4, 0.5) is 13.2 Å². The molecule has 3 nitrogen and oxygen atoms in total. The maximum Gasteiger partial charge on any atom is 0.416 e. The zero-order valence-corrected chi connectivity index (χ0v) is 18.9. The van der Waals surface area contributed by atoms with Gasteiger partial charge < -0.3 is 5.11 Å². The molecule has 0 spiro atoms. The van der Waals surface area contributed by atoms with Gasteiger partial charge in [-0.05, 0) is 79.6 Å². The van der Waals surface area contributed by atoms with Crippen LogP contribution >= 0.6 is 22.9 Å². The molecule has 162 valence electrons. The highest BCUT2D eigenvalue weighted by atomic mass is 127. The summed E-state index contributed by atoms with van der Waals surface area (Å²) in [6.07, 6.45) is 1.55. The fraction of sp³-hybridized carbons (Fsp3) is 0.522. The van der Waals surface area contributed by atoms with Gasteiger partial charge in [0.15, 0.2) is 0 Å². The molecule has 1 heterocycles. The molecule has 1 atom stereocenters. The van der Waals surface area contributed by atoms with E-state index < -0.39 is 11.7 Å². The molecule has 1 aliphatic heterocycles. The molecule has 1 unspecified atom stereocenters. The number of hydrogen-bond acceptors (Lipinski definition) is 3. The fourth-order valence-electron chi connectivity index (χ4n) is 4.92. The van der Waals surface area contributed by atoms with Crippen LogP contribution in [0.2, 0.25) is 0 Å². The molecule has 0 radical (unpaired) electrons. The minimum absolute atomic E-state index is 0.149. The Kier molecular flexibility index (Phi) is 6.70. The molecule has 2 aliphatic rings. The number of alkyl halides is 3. The Labute approximate surface area is 188 Å². The van der Waals surface area contributed by atoms with Crippen molar-refractivity contribution in [2.45, 2.75) is 56.8 Å². The molecule has 7 heteroatoms. The first-order chi connectivity index (χ1) is 14.3. The van der Waals surface area contributed by atoms with E-state index >= 15 is 0 Å². The monoisotopic (exact) mass is 530 g/mol. The SMILES string of the molecule is OC1CCC(N2CCCC(/C(=N\I)c3ccc4cc(C(F)(F)F)ccc4c3)C2)CC1. The molecular weight excluding hydrogens is 504 g/mol. The fourth-order valence-corrected chi connectivity index (χ4v) is 5.59. The van der Waals surface area contributed by atoms with E-state index in [1.807, 2.05) is 35.0 Å². The van der Waals surface area contributed by atoms with Gasteiger partial charge in [0, 0.05) is 18.5 Å². The third-order valence-electron chi connectivity index (χ3n) is 6.58. The van der Waals surface area contributed by atoms with Crippen molar-refractivity contribution in [1.29, 1.82) is 0 Å². The summed E-state index contributed by atoms with van der Waals surface area (Å²) in [5.41, 5.74) is 1.39. The molecule has 30 heavy (non-hydrogen) atoms. The molecule has 1 aliphatic carbocycles. The number of aliphatic hydroxyl groups is 1. The summed E-state index contributed by atoms with van der Waals surface area (Å²) in [5, 5.41) is 11.2. The van der Waals surface area contributed by atoms with Crippen molar-refractivity contribution in [3.63, 3.8) is 0 Å². The first-order valence-electron chi connectivity index (χ1n) is 10.6. The van der Waals surface area contributed by atoms with E-state index in [1.165, 1.54) is 6.07 Å². The number of halogens is 4. The summed E-state index contributed by atoms with van der Waals surface area (Å²) in [5.74, 6) is 0.314. The number of piperidine rings is 1. The van der Waals surface area contributed by atoms with Gasteiger partial charge in [0.1, 0.15) is 0 Å². The van der Waals surface area contributed by atoms with Crippen molar-refractivity contribution < 1.29 is 18.3 Å². The van der Waals surface area contributed by atoms with Crippen molar-refractivity contribution >= 4 is 39.3 Å². The van der Waals surface area contributed by atoms with Crippen LogP contribution in [0, 0.1) is 5.92 Å². The summed E-state index contributed by atoms with van der Waals surface area (Å²) in [7, 11) is 0.